The normalized spacial score (nSPS) is 13.5. The fraction of sp³-hybridized carbons (Fsp3) is 0.556. The molecule has 0 bridgehead atoms. The molecule has 1 unspecified atom stereocenters. The Balaban J connectivity index is 4.54. The van der Waals surface area contributed by atoms with E-state index in [2.05, 4.69) is 4.74 Å². The van der Waals surface area contributed by atoms with E-state index in [0.29, 0.717) is 0 Å². The Labute approximate surface area is 95.8 Å². The Morgan fingerprint density at radius 3 is 1.88 bits per heavy atom. The fourth-order valence-corrected chi connectivity index (χ4v) is 0.955. The lowest BCUT2D eigenvalue weighted by Crippen LogP contribution is -2.42. The van der Waals surface area contributed by atoms with E-state index in [1.165, 1.54) is 0 Å². The lowest BCUT2D eigenvalue weighted by molar-refractivity contribution is -0.180. The molecule has 0 aromatic carbocycles. The molecule has 0 aliphatic carbocycles. The number of aliphatic carboxylic acids is 3. The average Bonchev–Trinajstić information content (AvgIpc) is 2.12. The molecule has 0 aliphatic heterocycles. The van der Waals surface area contributed by atoms with Gasteiger partial charge in [-0.05, 0) is 6.92 Å². The predicted octanol–water partition coefficient (Wildman–Crippen LogP) is -0.288. The van der Waals surface area contributed by atoms with Gasteiger partial charge in [0.05, 0.1) is 19.3 Å². The molecule has 0 saturated heterocycles. The smallest absolute Gasteiger partial charge is 0.348 e. The van der Waals surface area contributed by atoms with Gasteiger partial charge in [0.1, 0.15) is 0 Å². The first kappa shape index (κ1) is 14.9. The topological polar surface area (TPSA) is 138 Å². The van der Waals surface area contributed by atoms with Gasteiger partial charge in [0.2, 0.25) is 5.60 Å². The molecule has 0 aromatic rings. The van der Waals surface area contributed by atoms with E-state index in [1.54, 1.807) is 0 Å². The Kier molecular flexibility index (Phi) is 5.10. The highest BCUT2D eigenvalue weighted by atomic mass is 16.6. The van der Waals surface area contributed by atoms with Crippen LogP contribution in [0.3, 0.4) is 0 Å². The summed E-state index contributed by atoms with van der Waals surface area (Å²) < 4.78 is 4.48. The van der Waals surface area contributed by atoms with Crippen LogP contribution < -0.4 is 0 Å². The molecule has 0 aromatic heterocycles. The first-order chi connectivity index (χ1) is 7.67. The van der Waals surface area contributed by atoms with Gasteiger partial charge in [-0.25, -0.2) is 4.79 Å². The summed E-state index contributed by atoms with van der Waals surface area (Å²) in [5, 5.41) is 25.5. The van der Waals surface area contributed by atoms with Gasteiger partial charge in [-0.3, -0.25) is 14.4 Å². The molecule has 0 heterocycles. The van der Waals surface area contributed by atoms with Crippen molar-refractivity contribution >= 4 is 23.9 Å². The molecule has 0 aliphatic rings. The van der Waals surface area contributed by atoms with Crippen molar-refractivity contribution in [2.24, 2.45) is 0 Å². The SMILES string of the molecule is CC(CC(=O)O)(OC(=O)CCC(=O)O)C(=O)O. The third-order valence-corrected chi connectivity index (χ3v) is 1.82. The molecule has 0 spiro atoms. The Hall–Kier alpha value is -2.12. The second-order valence-corrected chi connectivity index (χ2v) is 3.47. The van der Waals surface area contributed by atoms with E-state index in [1.807, 2.05) is 0 Å². The van der Waals surface area contributed by atoms with Crippen LogP contribution in [0.15, 0.2) is 0 Å². The second kappa shape index (κ2) is 5.83. The zero-order chi connectivity index (χ0) is 13.6. The standard InChI is InChI=1S/C9H12O8/c1-9(8(15)16,4-6(12)13)17-7(14)3-2-5(10)11/h2-4H2,1H3,(H,10,11)(H,12,13)(H,15,16). The third kappa shape index (κ3) is 5.50. The number of hydrogen-bond donors (Lipinski definition) is 3. The van der Waals surface area contributed by atoms with Gasteiger partial charge in [0.25, 0.3) is 0 Å². The van der Waals surface area contributed by atoms with Gasteiger partial charge in [-0.15, -0.1) is 0 Å². The van der Waals surface area contributed by atoms with Crippen LogP contribution in [0, 0.1) is 0 Å². The van der Waals surface area contributed by atoms with E-state index >= 15 is 0 Å². The number of esters is 1. The zero-order valence-corrected chi connectivity index (χ0v) is 9.00. The lowest BCUT2D eigenvalue weighted by Gasteiger charge is -2.22. The van der Waals surface area contributed by atoms with Crippen molar-refractivity contribution in [3.8, 4) is 0 Å². The second-order valence-electron chi connectivity index (χ2n) is 3.47. The summed E-state index contributed by atoms with van der Waals surface area (Å²) >= 11 is 0. The molecule has 8 nitrogen and oxygen atoms in total. The van der Waals surface area contributed by atoms with Gasteiger partial charge in [0, 0.05) is 0 Å². The number of carbonyl (C=O) groups is 4. The van der Waals surface area contributed by atoms with Crippen LogP contribution in [0.1, 0.15) is 26.2 Å². The Morgan fingerprint density at radius 1 is 1.00 bits per heavy atom. The quantitative estimate of drug-likeness (QED) is 0.522. The summed E-state index contributed by atoms with van der Waals surface area (Å²) in [6, 6.07) is 0. The van der Waals surface area contributed by atoms with Crippen molar-refractivity contribution in [1.82, 2.24) is 0 Å². The van der Waals surface area contributed by atoms with Crippen molar-refractivity contribution in [2.45, 2.75) is 31.8 Å². The molecule has 3 N–H and O–H groups in total. The third-order valence-electron chi connectivity index (χ3n) is 1.82. The minimum atomic E-state index is -2.19. The maximum Gasteiger partial charge on any atom is 0.348 e. The summed E-state index contributed by atoms with van der Waals surface area (Å²) in [7, 11) is 0. The first-order valence-electron chi connectivity index (χ1n) is 4.56. The number of carbonyl (C=O) groups excluding carboxylic acids is 1. The highest BCUT2D eigenvalue weighted by Crippen LogP contribution is 2.17. The van der Waals surface area contributed by atoms with Crippen LogP contribution in [0.4, 0.5) is 0 Å². The molecular weight excluding hydrogens is 236 g/mol. The van der Waals surface area contributed by atoms with Crippen LogP contribution in [-0.4, -0.2) is 44.8 Å². The van der Waals surface area contributed by atoms with E-state index in [4.69, 9.17) is 15.3 Å². The van der Waals surface area contributed by atoms with Crippen LogP contribution in [0.2, 0.25) is 0 Å². The number of rotatable bonds is 7. The van der Waals surface area contributed by atoms with E-state index in [0.717, 1.165) is 6.92 Å². The first-order valence-corrected chi connectivity index (χ1v) is 4.56. The zero-order valence-electron chi connectivity index (χ0n) is 9.00. The van der Waals surface area contributed by atoms with Crippen LogP contribution in [0.25, 0.3) is 0 Å². The number of carboxylic acid groups (broad SMARTS) is 3. The fourth-order valence-electron chi connectivity index (χ4n) is 0.955. The van der Waals surface area contributed by atoms with E-state index < -0.39 is 48.7 Å². The molecule has 96 valence electrons. The minimum absolute atomic E-state index is 0.512. The maximum atomic E-state index is 11.1. The average molecular weight is 248 g/mol. The molecule has 0 rings (SSSR count). The Bertz CT molecular complexity index is 347. The van der Waals surface area contributed by atoms with Gasteiger partial charge in [-0.2, -0.15) is 0 Å². The molecule has 0 fully saturated rings. The lowest BCUT2D eigenvalue weighted by atomic mass is 10.0. The summed E-state index contributed by atoms with van der Waals surface area (Å²) in [5.41, 5.74) is -2.19. The van der Waals surface area contributed by atoms with Crippen molar-refractivity contribution in [3.05, 3.63) is 0 Å². The highest BCUT2D eigenvalue weighted by molar-refractivity contribution is 5.87. The summed E-state index contributed by atoms with van der Waals surface area (Å²) in [6.45, 7) is 0.933. The van der Waals surface area contributed by atoms with Gasteiger partial charge in [-0.1, -0.05) is 0 Å². The van der Waals surface area contributed by atoms with Crippen LogP contribution in [-0.2, 0) is 23.9 Å². The number of carboxylic acids is 3. The van der Waals surface area contributed by atoms with E-state index in [-0.39, 0.29) is 0 Å². The summed E-state index contributed by atoms with van der Waals surface area (Å²) in [5.74, 6) is -5.36. The van der Waals surface area contributed by atoms with Crippen molar-refractivity contribution in [3.63, 3.8) is 0 Å². The molecule has 0 radical (unpaired) electrons. The van der Waals surface area contributed by atoms with Crippen LogP contribution in [0.5, 0.6) is 0 Å². The molecule has 17 heavy (non-hydrogen) atoms. The van der Waals surface area contributed by atoms with Crippen LogP contribution >= 0.6 is 0 Å². The maximum absolute atomic E-state index is 11.1. The van der Waals surface area contributed by atoms with Gasteiger partial charge >= 0.3 is 23.9 Å². The van der Waals surface area contributed by atoms with Gasteiger partial charge in [0.15, 0.2) is 0 Å². The monoisotopic (exact) mass is 248 g/mol. The van der Waals surface area contributed by atoms with Crippen molar-refractivity contribution in [2.75, 3.05) is 0 Å². The van der Waals surface area contributed by atoms with E-state index in [9.17, 15) is 19.2 Å². The molecule has 1 atom stereocenters. The van der Waals surface area contributed by atoms with Crippen molar-refractivity contribution in [1.29, 1.82) is 0 Å². The summed E-state index contributed by atoms with van der Waals surface area (Å²) in [6.07, 6.45) is -1.93. The largest absolute Gasteiger partial charge is 0.481 e. The highest BCUT2D eigenvalue weighted by Gasteiger charge is 2.39. The number of ether oxygens (including phenoxy) is 1. The van der Waals surface area contributed by atoms with Gasteiger partial charge < -0.3 is 20.1 Å². The van der Waals surface area contributed by atoms with Crippen molar-refractivity contribution < 1.29 is 39.2 Å². The molecule has 0 amide bonds. The minimum Gasteiger partial charge on any atom is -0.481 e. The number of hydrogen-bond acceptors (Lipinski definition) is 5. The molecule has 0 saturated carbocycles. The Morgan fingerprint density at radius 2 is 1.53 bits per heavy atom. The molecule has 8 heteroatoms. The summed E-state index contributed by atoms with van der Waals surface area (Å²) in [4.78, 5) is 42.5. The molecular formula is C9H12O8. The predicted molar refractivity (Wildman–Crippen MR) is 51.3 cm³/mol.